The van der Waals surface area contributed by atoms with E-state index in [4.69, 9.17) is 11.6 Å². The van der Waals surface area contributed by atoms with E-state index < -0.39 is 0 Å². The van der Waals surface area contributed by atoms with Crippen LogP contribution in [0.1, 0.15) is 33.9 Å². The van der Waals surface area contributed by atoms with Crippen molar-refractivity contribution >= 4 is 39.1 Å². The van der Waals surface area contributed by atoms with Gasteiger partial charge in [0.15, 0.2) is 11.4 Å². The van der Waals surface area contributed by atoms with Crippen molar-refractivity contribution in [2.45, 2.75) is 26.2 Å². The van der Waals surface area contributed by atoms with Crippen molar-refractivity contribution in [3.05, 3.63) is 45.8 Å². The first kappa shape index (κ1) is 15.8. The largest absolute Gasteiger partial charge is 0.508 e. The Morgan fingerprint density at radius 1 is 1.22 bits per heavy atom. The lowest BCUT2D eigenvalue weighted by molar-refractivity contribution is 0.0977. The number of thiazole rings is 1. The zero-order chi connectivity index (χ0) is 16.4. The number of carbonyl (C=O) groups is 1. The van der Waals surface area contributed by atoms with Gasteiger partial charge < -0.3 is 5.11 Å². The summed E-state index contributed by atoms with van der Waals surface area (Å²) in [6.07, 6.45) is 1.83. The summed E-state index contributed by atoms with van der Waals surface area (Å²) in [7, 11) is 0. The fourth-order valence-corrected chi connectivity index (χ4v) is 3.36. The van der Waals surface area contributed by atoms with Crippen molar-refractivity contribution < 1.29 is 9.90 Å². The number of phenolic OH excluding ortho intramolecular Hbond substituents is 1. The van der Waals surface area contributed by atoms with E-state index >= 15 is 0 Å². The molecule has 3 aromatic rings. The zero-order valence-electron chi connectivity index (χ0n) is 12.4. The molecule has 0 aliphatic heterocycles. The van der Waals surface area contributed by atoms with E-state index in [0.717, 1.165) is 17.0 Å². The molecule has 118 valence electrons. The molecule has 0 unspecified atom stereocenters. The van der Waals surface area contributed by atoms with Gasteiger partial charge in [-0.05, 0) is 49.1 Å². The van der Waals surface area contributed by atoms with Crippen LogP contribution in [-0.2, 0) is 6.42 Å². The Balaban J connectivity index is 1.72. The predicted octanol–water partition coefficient (Wildman–Crippen LogP) is 3.96. The molecule has 3 rings (SSSR count). The molecule has 0 aliphatic carbocycles. The minimum absolute atomic E-state index is 0.0460. The Kier molecular flexibility index (Phi) is 4.54. The standard InChI is InChI=1S/C16H14ClN3O2S/c1-9-18-15-14(23-9)13(19-16(17)20-15)12(22)4-2-3-10-5-7-11(21)8-6-10/h5-8,21H,2-4H2,1H3. The van der Waals surface area contributed by atoms with Crippen LogP contribution in [0.4, 0.5) is 0 Å². The Bertz CT molecular complexity index is 862. The molecule has 0 bridgehead atoms. The third-order valence-electron chi connectivity index (χ3n) is 3.40. The number of ketones is 1. The first-order chi connectivity index (χ1) is 11.0. The quantitative estimate of drug-likeness (QED) is 0.558. The summed E-state index contributed by atoms with van der Waals surface area (Å²) in [6.45, 7) is 1.86. The molecule has 2 aromatic heterocycles. The van der Waals surface area contributed by atoms with Crippen molar-refractivity contribution in [2.75, 3.05) is 0 Å². The summed E-state index contributed by atoms with van der Waals surface area (Å²) in [6, 6.07) is 6.99. The van der Waals surface area contributed by atoms with Crippen LogP contribution in [0.5, 0.6) is 5.75 Å². The molecule has 0 fully saturated rings. The molecular formula is C16H14ClN3O2S. The summed E-state index contributed by atoms with van der Waals surface area (Å²) >= 11 is 7.29. The minimum Gasteiger partial charge on any atom is -0.508 e. The number of rotatable bonds is 5. The van der Waals surface area contributed by atoms with Gasteiger partial charge in [-0.3, -0.25) is 4.79 Å². The van der Waals surface area contributed by atoms with Crippen molar-refractivity contribution in [2.24, 2.45) is 0 Å². The van der Waals surface area contributed by atoms with Crippen LogP contribution in [0.25, 0.3) is 10.3 Å². The van der Waals surface area contributed by atoms with Crippen LogP contribution in [0.15, 0.2) is 24.3 Å². The number of nitrogens with zero attached hydrogens (tertiary/aromatic N) is 3. The lowest BCUT2D eigenvalue weighted by Crippen LogP contribution is -2.04. The minimum atomic E-state index is -0.0540. The maximum Gasteiger partial charge on any atom is 0.225 e. The first-order valence-electron chi connectivity index (χ1n) is 7.15. The fourth-order valence-electron chi connectivity index (χ4n) is 2.32. The van der Waals surface area contributed by atoms with Gasteiger partial charge in [-0.1, -0.05) is 12.1 Å². The van der Waals surface area contributed by atoms with Crippen molar-refractivity contribution in [3.63, 3.8) is 0 Å². The highest BCUT2D eigenvalue weighted by atomic mass is 35.5. The van der Waals surface area contributed by atoms with Crippen molar-refractivity contribution in [1.29, 1.82) is 0 Å². The van der Waals surface area contributed by atoms with Gasteiger partial charge in [-0.2, -0.15) is 4.98 Å². The summed E-state index contributed by atoms with van der Waals surface area (Å²) in [5, 5.41) is 10.1. The molecule has 1 N–H and O–H groups in total. The lowest BCUT2D eigenvalue weighted by Gasteiger charge is -2.03. The third kappa shape index (κ3) is 3.65. The molecule has 0 radical (unpaired) electrons. The topological polar surface area (TPSA) is 76.0 Å². The normalized spacial score (nSPS) is 11.0. The van der Waals surface area contributed by atoms with Crippen LogP contribution < -0.4 is 0 Å². The number of hydrogen-bond donors (Lipinski definition) is 1. The molecule has 2 heterocycles. The van der Waals surface area contributed by atoms with Crippen LogP contribution >= 0.6 is 22.9 Å². The number of aromatic nitrogens is 3. The highest BCUT2D eigenvalue weighted by Crippen LogP contribution is 2.25. The van der Waals surface area contributed by atoms with E-state index in [9.17, 15) is 9.90 Å². The highest BCUT2D eigenvalue weighted by Gasteiger charge is 2.17. The molecule has 0 saturated carbocycles. The van der Waals surface area contributed by atoms with Gasteiger partial charge in [0.2, 0.25) is 5.28 Å². The molecule has 0 aliphatic rings. The molecule has 23 heavy (non-hydrogen) atoms. The maximum absolute atomic E-state index is 12.5. The monoisotopic (exact) mass is 347 g/mol. The fraction of sp³-hybridized carbons (Fsp3) is 0.250. The second-order valence-corrected chi connectivity index (χ2v) is 6.71. The maximum atomic E-state index is 12.5. The average molecular weight is 348 g/mol. The van der Waals surface area contributed by atoms with E-state index in [0.29, 0.717) is 28.9 Å². The molecular weight excluding hydrogens is 334 g/mol. The van der Waals surface area contributed by atoms with E-state index in [2.05, 4.69) is 15.0 Å². The number of aromatic hydroxyl groups is 1. The Morgan fingerprint density at radius 2 is 1.96 bits per heavy atom. The van der Waals surface area contributed by atoms with Crippen LogP contribution in [0.3, 0.4) is 0 Å². The highest BCUT2D eigenvalue weighted by molar-refractivity contribution is 7.18. The van der Waals surface area contributed by atoms with E-state index in [1.165, 1.54) is 11.3 Å². The first-order valence-corrected chi connectivity index (χ1v) is 8.34. The molecule has 0 atom stereocenters. The smallest absolute Gasteiger partial charge is 0.225 e. The predicted molar refractivity (Wildman–Crippen MR) is 90.3 cm³/mol. The lowest BCUT2D eigenvalue weighted by atomic mass is 10.1. The number of Topliss-reactive ketones (excluding diaryl/α,β-unsaturated/α-hetero) is 1. The number of hydrogen-bond acceptors (Lipinski definition) is 6. The summed E-state index contributed by atoms with van der Waals surface area (Å²) < 4.78 is 0.696. The van der Waals surface area contributed by atoms with E-state index in [1.54, 1.807) is 12.1 Å². The summed E-state index contributed by atoms with van der Waals surface area (Å²) in [5.74, 6) is 0.185. The van der Waals surface area contributed by atoms with Gasteiger partial charge in [0.05, 0.1) is 5.01 Å². The number of aryl methyl sites for hydroxylation is 2. The second kappa shape index (κ2) is 6.60. The number of halogens is 1. The van der Waals surface area contributed by atoms with Crippen LogP contribution in [-0.4, -0.2) is 25.8 Å². The van der Waals surface area contributed by atoms with Gasteiger partial charge in [-0.15, -0.1) is 11.3 Å². The van der Waals surface area contributed by atoms with Crippen molar-refractivity contribution in [1.82, 2.24) is 15.0 Å². The molecule has 7 heteroatoms. The molecule has 0 saturated heterocycles. The number of benzene rings is 1. The Hall–Kier alpha value is -2.05. The van der Waals surface area contributed by atoms with E-state index in [-0.39, 0.29) is 16.8 Å². The Labute approximate surface area is 142 Å². The summed E-state index contributed by atoms with van der Waals surface area (Å²) in [4.78, 5) is 24.9. The number of carbonyl (C=O) groups excluding carboxylic acids is 1. The van der Waals surface area contributed by atoms with Gasteiger partial charge in [0.25, 0.3) is 0 Å². The zero-order valence-corrected chi connectivity index (χ0v) is 14.0. The average Bonchev–Trinajstić information content (AvgIpc) is 2.88. The number of fused-ring (bicyclic) bond motifs is 1. The Morgan fingerprint density at radius 3 is 2.70 bits per heavy atom. The van der Waals surface area contributed by atoms with Crippen molar-refractivity contribution in [3.8, 4) is 5.75 Å². The van der Waals surface area contributed by atoms with E-state index in [1.807, 2.05) is 19.1 Å². The van der Waals surface area contributed by atoms with Gasteiger partial charge >= 0.3 is 0 Å². The molecule has 0 spiro atoms. The van der Waals surface area contributed by atoms with Gasteiger partial charge in [-0.25, -0.2) is 9.97 Å². The number of phenols is 1. The van der Waals surface area contributed by atoms with Crippen LogP contribution in [0, 0.1) is 6.92 Å². The molecule has 1 aromatic carbocycles. The SMILES string of the molecule is Cc1nc2nc(Cl)nc(C(=O)CCCc3ccc(O)cc3)c2s1. The van der Waals surface area contributed by atoms with Gasteiger partial charge in [0, 0.05) is 6.42 Å². The molecule has 0 amide bonds. The molecule has 5 nitrogen and oxygen atoms in total. The second-order valence-electron chi connectivity index (χ2n) is 5.17. The van der Waals surface area contributed by atoms with Crippen LogP contribution in [0.2, 0.25) is 5.28 Å². The third-order valence-corrected chi connectivity index (χ3v) is 4.54. The summed E-state index contributed by atoms with van der Waals surface area (Å²) in [5.41, 5.74) is 1.92. The van der Waals surface area contributed by atoms with Gasteiger partial charge in [0.1, 0.15) is 16.1 Å².